The zero-order chi connectivity index (χ0) is 13.1. The Balaban J connectivity index is 2.41. The van der Waals surface area contributed by atoms with Crippen molar-refractivity contribution in [2.45, 2.75) is 18.7 Å². The van der Waals surface area contributed by atoms with E-state index in [2.05, 4.69) is 66.2 Å². The van der Waals surface area contributed by atoms with Crippen LogP contribution in [0.5, 0.6) is 5.75 Å². The number of methoxy groups -OCH3 is 1. The molecule has 0 spiro atoms. The Morgan fingerprint density at radius 1 is 0.944 bits per heavy atom. The summed E-state index contributed by atoms with van der Waals surface area (Å²) in [6.07, 6.45) is 0. The second-order valence-electron chi connectivity index (χ2n) is 4.46. The first kappa shape index (κ1) is 13.2. The second kappa shape index (κ2) is 5.57. The largest absolute Gasteiger partial charge is 0.496 e. The van der Waals surface area contributed by atoms with Crippen LogP contribution in [0, 0.1) is 13.8 Å². The molecule has 2 aromatic rings. The minimum Gasteiger partial charge on any atom is -0.496 e. The molecule has 0 aliphatic heterocycles. The maximum absolute atomic E-state index is 5.40. The number of hydrogen-bond acceptors (Lipinski definition) is 1. The van der Waals surface area contributed by atoms with Gasteiger partial charge in [-0.2, -0.15) is 0 Å². The van der Waals surface area contributed by atoms with Gasteiger partial charge in [-0.1, -0.05) is 58.4 Å². The quantitative estimate of drug-likeness (QED) is 0.740. The van der Waals surface area contributed by atoms with Gasteiger partial charge in [-0.3, -0.25) is 0 Å². The SMILES string of the molecule is COc1c(C)cc(C(Br)c2ccccc2)cc1C. The lowest BCUT2D eigenvalue weighted by Gasteiger charge is -2.15. The average molecular weight is 305 g/mol. The maximum atomic E-state index is 5.40. The molecule has 0 heterocycles. The number of rotatable bonds is 3. The number of alkyl halides is 1. The van der Waals surface area contributed by atoms with E-state index in [0.717, 1.165) is 5.75 Å². The Morgan fingerprint density at radius 3 is 2.00 bits per heavy atom. The first-order valence-electron chi connectivity index (χ1n) is 5.97. The second-order valence-corrected chi connectivity index (χ2v) is 5.38. The summed E-state index contributed by atoms with van der Waals surface area (Å²) in [4.78, 5) is 0.224. The smallest absolute Gasteiger partial charge is 0.124 e. The van der Waals surface area contributed by atoms with Gasteiger partial charge >= 0.3 is 0 Å². The molecule has 0 radical (unpaired) electrons. The topological polar surface area (TPSA) is 9.23 Å². The minimum atomic E-state index is 0.224. The lowest BCUT2D eigenvalue weighted by atomic mass is 10.00. The summed E-state index contributed by atoms with van der Waals surface area (Å²) in [6, 6.07) is 14.8. The third kappa shape index (κ3) is 2.59. The van der Waals surface area contributed by atoms with Crippen molar-refractivity contribution in [1.82, 2.24) is 0 Å². The van der Waals surface area contributed by atoms with E-state index in [9.17, 15) is 0 Å². The molecular formula is C16H17BrO. The molecule has 1 unspecified atom stereocenters. The summed E-state index contributed by atoms with van der Waals surface area (Å²) >= 11 is 3.77. The molecule has 0 saturated heterocycles. The highest BCUT2D eigenvalue weighted by molar-refractivity contribution is 9.09. The first-order valence-corrected chi connectivity index (χ1v) is 6.89. The van der Waals surface area contributed by atoms with Crippen LogP contribution < -0.4 is 4.74 Å². The lowest BCUT2D eigenvalue weighted by molar-refractivity contribution is 0.408. The van der Waals surface area contributed by atoms with Crippen LogP contribution in [0.1, 0.15) is 27.1 Å². The van der Waals surface area contributed by atoms with E-state index in [-0.39, 0.29) is 4.83 Å². The molecule has 94 valence electrons. The lowest BCUT2D eigenvalue weighted by Crippen LogP contribution is -1.97. The highest BCUT2D eigenvalue weighted by Gasteiger charge is 2.13. The van der Waals surface area contributed by atoms with Gasteiger partial charge in [0, 0.05) is 0 Å². The number of ether oxygens (including phenoxy) is 1. The van der Waals surface area contributed by atoms with Crippen LogP contribution in [0.25, 0.3) is 0 Å². The van der Waals surface area contributed by atoms with Crippen molar-refractivity contribution in [3.8, 4) is 5.75 Å². The van der Waals surface area contributed by atoms with E-state index < -0.39 is 0 Å². The van der Waals surface area contributed by atoms with Gasteiger partial charge in [-0.25, -0.2) is 0 Å². The maximum Gasteiger partial charge on any atom is 0.124 e. The average Bonchev–Trinajstić information content (AvgIpc) is 2.38. The van der Waals surface area contributed by atoms with E-state index in [4.69, 9.17) is 4.74 Å². The van der Waals surface area contributed by atoms with Crippen LogP contribution in [-0.2, 0) is 0 Å². The van der Waals surface area contributed by atoms with E-state index in [1.54, 1.807) is 7.11 Å². The summed E-state index contributed by atoms with van der Waals surface area (Å²) < 4.78 is 5.40. The minimum absolute atomic E-state index is 0.224. The van der Waals surface area contributed by atoms with Crippen LogP contribution in [0.3, 0.4) is 0 Å². The Labute approximate surface area is 117 Å². The predicted octanol–water partition coefficient (Wildman–Crippen LogP) is 4.80. The summed E-state index contributed by atoms with van der Waals surface area (Å²) in [5, 5.41) is 0. The molecule has 0 fully saturated rings. The zero-order valence-electron chi connectivity index (χ0n) is 10.9. The van der Waals surface area contributed by atoms with Crippen LogP contribution in [0.2, 0.25) is 0 Å². The fraction of sp³-hybridized carbons (Fsp3) is 0.250. The Kier molecular flexibility index (Phi) is 4.07. The van der Waals surface area contributed by atoms with Crippen LogP contribution in [0.15, 0.2) is 42.5 Å². The van der Waals surface area contributed by atoms with Gasteiger partial charge in [0.05, 0.1) is 11.9 Å². The van der Waals surface area contributed by atoms with Gasteiger partial charge in [0.2, 0.25) is 0 Å². The van der Waals surface area contributed by atoms with Crippen molar-refractivity contribution >= 4 is 15.9 Å². The van der Waals surface area contributed by atoms with Gasteiger partial charge in [-0.15, -0.1) is 0 Å². The molecule has 1 nitrogen and oxygen atoms in total. The molecule has 18 heavy (non-hydrogen) atoms. The van der Waals surface area contributed by atoms with E-state index in [1.807, 2.05) is 6.07 Å². The molecule has 1 atom stereocenters. The summed E-state index contributed by atoms with van der Waals surface area (Å²) in [5.74, 6) is 0.978. The summed E-state index contributed by atoms with van der Waals surface area (Å²) in [5.41, 5.74) is 4.87. The highest BCUT2D eigenvalue weighted by atomic mass is 79.9. The summed E-state index contributed by atoms with van der Waals surface area (Å²) in [6.45, 7) is 4.17. The van der Waals surface area contributed by atoms with Gasteiger partial charge < -0.3 is 4.74 Å². The highest BCUT2D eigenvalue weighted by Crippen LogP contribution is 2.34. The molecule has 2 aromatic carbocycles. The normalized spacial score (nSPS) is 12.2. The van der Waals surface area contributed by atoms with Crippen molar-refractivity contribution in [3.63, 3.8) is 0 Å². The fourth-order valence-corrected chi connectivity index (χ4v) is 2.84. The van der Waals surface area contributed by atoms with Crippen molar-refractivity contribution in [2.24, 2.45) is 0 Å². The number of halogens is 1. The van der Waals surface area contributed by atoms with Gasteiger partial charge in [0.1, 0.15) is 5.75 Å². The molecular weight excluding hydrogens is 288 g/mol. The van der Waals surface area contributed by atoms with Crippen molar-refractivity contribution < 1.29 is 4.74 Å². The molecule has 0 aliphatic carbocycles. The first-order chi connectivity index (χ1) is 8.63. The Morgan fingerprint density at radius 2 is 1.50 bits per heavy atom. The molecule has 2 heteroatoms. The molecule has 0 saturated carbocycles. The van der Waals surface area contributed by atoms with Crippen LogP contribution in [-0.4, -0.2) is 7.11 Å². The standard InChI is InChI=1S/C16H17BrO/c1-11-9-14(10-12(2)16(11)18-3)15(17)13-7-5-4-6-8-13/h4-10,15H,1-3H3. The number of hydrogen-bond donors (Lipinski definition) is 0. The molecule has 0 aromatic heterocycles. The molecule has 2 rings (SSSR count). The predicted molar refractivity (Wildman–Crippen MR) is 79.7 cm³/mol. The van der Waals surface area contributed by atoms with E-state index in [1.165, 1.54) is 22.3 Å². The third-order valence-corrected chi connectivity index (χ3v) is 4.13. The molecule has 0 N–H and O–H groups in total. The van der Waals surface area contributed by atoms with E-state index in [0.29, 0.717) is 0 Å². The molecule has 0 bridgehead atoms. The molecule has 0 amide bonds. The molecule has 0 aliphatic rings. The van der Waals surface area contributed by atoms with Gasteiger partial charge in [-0.05, 0) is 36.1 Å². The van der Waals surface area contributed by atoms with Gasteiger partial charge in [0.25, 0.3) is 0 Å². The number of benzene rings is 2. The van der Waals surface area contributed by atoms with Crippen LogP contribution >= 0.6 is 15.9 Å². The Hall–Kier alpha value is -1.28. The van der Waals surface area contributed by atoms with Crippen molar-refractivity contribution in [3.05, 3.63) is 64.7 Å². The van der Waals surface area contributed by atoms with E-state index >= 15 is 0 Å². The van der Waals surface area contributed by atoms with Crippen molar-refractivity contribution in [1.29, 1.82) is 0 Å². The fourth-order valence-electron chi connectivity index (χ4n) is 2.27. The monoisotopic (exact) mass is 304 g/mol. The van der Waals surface area contributed by atoms with Crippen molar-refractivity contribution in [2.75, 3.05) is 7.11 Å². The zero-order valence-corrected chi connectivity index (χ0v) is 12.5. The number of aryl methyl sites for hydroxylation is 2. The summed E-state index contributed by atoms with van der Waals surface area (Å²) in [7, 11) is 1.72. The Bertz CT molecular complexity index is 511. The van der Waals surface area contributed by atoms with Gasteiger partial charge in [0.15, 0.2) is 0 Å². The third-order valence-electron chi connectivity index (χ3n) is 3.07. The van der Waals surface area contributed by atoms with Crippen LogP contribution in [0.4, 0.5) is 0 Å².